The van der Waals surface area contributed by atoms with E-state index in [0.29, 0.717) is 12.0 Å². The zero-order valence-electron chi connectivity index (χ0n) is 13.2. The van der Waals surface area contributed by atoms with Crippen molar-refractivity contribution >= 4 is 51.2 Å². The van der Waals surface area contributed by atoms with Crippen molar-refractivity contribution in [1.29, 1.82) is 0 Å². The monoisotopic (exact) mass is 354 g/mol. The van der Waals surface area contributed by atoms with Crippen molar-refractivity contribution < 1.29 is 4.79 Å². The molecule has 1 aromatic carbocycles. The minimum absolute atomic E-state index is 0.104. The minimum Gasteiger partial charge on any atom is -0.361 e. The van der Waals surface area contributed by atoms with Crippen molar-refractivity contribution in [2.45, 2.75) is 31.7 Å². The molecule has 0 spiro atoms. The van der Waals surface area contributed by atoms with Crippen molar-refractivity contribution in [1.82, 2.24) is 9.88 Å². The molecule has 2 heterocycles. The summed E-state index contributed by atoms with van der Waals surface area (Å²) >= 11 is 7.02. The summed E-state index contributed by atoms with van der Waals surface area (Å²) in [4.78, 5) is 18.9. The fourth-order valence-electron chi connectivity index (χ4n) is 4.65. The normalized spacial score (nSPS) is 31.1. The number of H-pyrrole nitrogens is 1. The molecule has 122 valence electrons. The number of carbonyl (C=O) groups is 1. The average molecular weight is 355 g/mol. The molecule has 3 aliphatic rings. The van der Waals surface area contributed by atoms with Gasteiger partial charge in [0.25, 0.3) is 5.91 Å². The van der Waals surface area contributed by atoms with Crippen LogP contribution in [0.25, 0.3) is 17.0 Å². The number of nitrogens with one attached hydrogen (secondary N) is 1. The first-order valence-electron chi connectivity index (χ1n) is 8.54. The van der Waals surface area contributed by atoms with Gasteiger partial charge in [-0.05, 0) is 43.2 Å². The van der Waals surface area contributed by atoms with Crippen LogP contribution in [0.5, 0.6) is 0 Å². The topological polar surface area (TPSA) is 36.1 Å². The van der Waals surface area contributed by atoms with Gasteiger partial charge in [0.05, 0.1) is 4.91 Å². The molecule has 5 rings (SSSR count). The molecule has 1 saturated heterocycles. The van der Waals surface area contributed by atoms with Crippen molar-refractivity contribution in [3.8, 4) is 0 Å². The second-order valence-corrected chi connectivity index (χ2v) is 8.76. The second-order valence-electron chi connectivity index (χ2n) is 7.08. The van der Waals surface area contributed by atoms with Gasteiger partial charge >= 0.3 is 0 Å². The molecule has 1 aromatic heterocycles. The number of fused-ring (bicyclic) bond motifs is 3. The first-order chi connectivity index (χ1) is 11.7. The van der Waals surface area contributed by atoms with Gasteiger partial charge in [0.15, 0.2) is 0 Å². The van der Waals surface area contributed by atoms with Crippen LogP contribution in [0.1, 0.15) is 31.2 Å². The van der Waals surface area contributed by atoms with Crippen LogP contribution >= 0.6 is 24.0 Å². The fraction of sp³-hybridized carbons (Fsp3) is 0.368. The first-order valence-corrected chi connectivity index (χ1v) is 9.76. The van der Waals surface area contributed by atoms with Gasteiger partial charge in [-0.3, -0.25) is 9.69 Å². The van der Waals surface area contributed by atoms with Gasteiger partial charge < -0.3 is 4.98 Å². The van der Waals surface area contributed by atoms with Gasteiger partial charge in [-0.2, -0.15) is 0 Å². The largest absolute Gasteiger partial charge is 0.361 e. The predicted octanol–water partition coefficient (Wildman–Crippen LogP) is 4.56. The molecule has 3 atom stereocenters. The summed E-state index contributed by atoms with van der Waals surface area (Å²) in [5.41, 5.74) is 2.14. The molecule has 1 N–H and O–H groups in total. The molecular formula is C19H18N2OS2. The molecule has 3 unspecified atom stereocenters. The number of nitrogens with zero attached hydrogens (tertiary/aromatic N) is 1. The predicted molar refractivity (Wildman–Crippen MR) is 103 cm³/mol. The van der Waals surface area contributed by atoms with E-state index in [1.165, 1.54) is 31.0 Å². The van der Waals surface area contributed by atoms with E-state index in [1.807, 2.05) is 35.4 Å². The van der Waals surface area contributed by atoms with Crippen molar-refractivity contribution in [3.63, 3.8) is 0 Å². The van der Waals surface area contributed by atoms with Crippen LogP contribution in [-0.4, -0.2) is 26.2 Å². The van der Waals surface area contributed by atoms with Crippen LogP contribution in [-0.2, 0) is 4.79 Å². The van der Waals surface area contributed by atoms with E-state index >= 15 is 0 Å². The molecule has 5 heteroatoms. The lowest BCUT2D eigenvalue weighted by molar-refractivity contribution is -0.124. The summed E-state index contributed by atoms with van der Waals surface area (Å²) < 4.78 is 0.739. The fourth-order valence-corrected chi connectivity index (χ4v) is 6.01. The average Bonchev–Trinajstić information content (AvgIpc) is 3.33. The van der Waals surface area contributed by atoms with Gasteiger partial charge in [0.1, 0.15) is 4.32 Å². The highest BCUT2D eigenvalue weighted by Crippen LogP contribution is 2.49. The molecule has 2 aromatic rings. The van der Waals surface area contributed by atoms with Gasteiger partial charge in [-0.15, -0.1) is 0 Å². The molecule has 2 aliphatic carbocycles. The van der Waals surface area contributed by atoms with E-state index in [9.17, 15) is 4.79 Å². The Hall–Kier alpha value is -1.59. The Bertz CT molecular complexity index is 884. The number of carbonyl (C=O) groups excluding carboxylic acids is 1. The van der Waals surface area contributed by atoms with Crippen LogP contribution in [0.3, 0.4) is 0 Å². The number of para-hydroxylation sites is 1. The Labute approximate surface area is 150 Å². The van der Waals surface area contributed by atoms with E-state index in [-0.39, 0.29) is 5.91 Å². The summed E-state index contributed by atoms with van der Waals surface area (Å²) in [5.74, 6) is 1.57. The zero-order chi connectivity index (χ0) is 16.3. The van der Waals surface area contributed by atoms with Crippen molar-refractivity contribution in [3.05, 3.63) is 40.9 Å². The summed E-state index contributed by atoms with van der Waals surface area (Å²) in [7, 11) is 0. The van der Waals surface area contributed by atoms with Crippen LogP contribution in [0, 0.1) is 11.8 Å². The van der Waals surface area contributed by atoms with E-state index in [0.717, 1.165) is 38.0 Å². The van der Waals surface area contributed by atoms with Crippen LogP contribution < -0.4 is 0 Å². The maximum absolute atomic E-state index is 13.0. The number of aromatic amines is 1. The smallest absolute Gasteiger partial charge is 0.266 e. The summed E-state index contributed by atoms with van der Waals surface area (Å²) in [6.45, 7) is 0. The van der Waals surface area contributed by atoms with Gasteiger partial charge in [-0.25, -0.2) is 0 Å². The number of rotatable bonds is 2. The molecule has 2 saturated carbocycles. The number of thiocarbonyl (C=S) groups is 1. The molecule has 1 aliphatic heterocycles. The van der Waals surface area contributed by atoms with E-state index in [2.05, 4.69) is 11.1 Å². The number of amides is 1. The van der Waals surface area contributed by atoms with Gasteiger partial charge in [0, 0.05) is 28.7 Å². The number of benzene rings is 1. The third-order valence-corrected chi connectivity index (χ3v) is 7.09. The number of hydrogen-bond acceptors (Lipinski definition) is 3. The van der Waals surface area contributed by atoms with Gasteiger partial charge in [-0.1, -0.05) is 48.6 Å². The molecule has 2 bridgehead atoms. The molecule has 0 radical (unpaired) electrons. The Morgan fingerprint density at radius 3 is 2.92 bits per heavy atom. The first kappa shape index (κ1) is 14.7. The highest BCUT2D eigenvalue weighted by Gasteiger charge is 2.47. The Morgan fingerprint density at radius 2 is 2.12 bits per heavy atom. The SMILES string of the molecule is O=C1/C(=C\c2c[nH]c3ccccc23)SC(=S)N1C1CC2CCC1C2. The highest BCUT2D eigenvalue weighted by atomic mass is 32.2. The molecule has 24 heavy (non-hydrogen) atoms. The maximum Gasteiger partial charge on any atom is 0.266 e. The number of thioether (sulfide) groups is 1. The summed E-state index contributed by atoms with van der Waals surface area (Å²) in [6.07, 6.45) is 8.97. The zero-order valence-corrected chi connectivity index (χ0v) is 14.8. The van der Waals surface area contributed by atoms with E-state index in [1.54, 1.807) is 0 Å². The number of hydrogen-bond donors (Lipinski definition) is 1. The van der Waals surface area contributed by atoms with Gasteiger partial charge in [0.2, 0.25) is 0 Å². The van der Waals surface area contributed by atoms with Crippen LogP contribution in [0.2, 0.25) is 0 Å². The van der Waals surface area contributed by atoms with Crippen LogP contribution in [0.15, 0.2) is 35.4 Å². The van der Waals surface area contributed by atoms with E-state index < -0.39 is 0 Å². The Balaban J connectivity index is 1.47. The van der Waals surface area contributed by atoms with E-state index in [4.69, 9.17) is 12.2 Å². The molecule has 3 fully saturated rings. The lowest BCUT2D eigenvalue weighted by Gasteiger charge is -2.30. The third kappa shape index (κ3) is 2.18. The lowest BCUT2D eigenvalue weighted by Crippen LogP contribution is -2.41. The molecule has 3 nitrogen and oxygen atoms in total. The number of aromatic nitrogens is 1. The molecule has 1 amide bonds. The Morgan fingerprint density at radius 1 is 1.25 bits per heavy atom. The second kappa shape index (κ2) is 5.46. The standard InChI is InChI=1S/C19H18N2OS2/c22-18-17(9-13-10-20-15-4-2-1-3-14(13)15)24-19(23)21(18)16-8-11-5-6-12(16)7-11/h1-4,9-12,16,20H,5-8H2/b17-9+. The Kier molecular flexibility index (Phi) is 3.35. The minimum atomic E-state index is 0.104. The lowest BCUT2D eigenvalue weighted by atomic mass is 9.94. The van der Waals surface area contributed by atoms with Crippen LogP contribution in [0.4, 0.5) is 0 Å². The summed E-state index contributed by atoms with van der Waals surface area (Å²) in [5, 5.41) is 1.14. The molecular weight excluding hydrogens is 336 g/mol. The highest BCUT2D eigenvalue weighted by molar-refractivity contribution is 8.26. The van der Waals surface area contributed by atoms with Crippen molar-refractivity contribution in [2.75, 3.05) is 0 Å². The quantitative estimate of drug-likeness (QED) is 0.634. The maximum atomic E-state index is 13.0. The third-order valence-electron chi connectivity index (χ3n) is 5.76. The van der Waals surface area contributed by atoms with Crippen molar-refractivity contribution in [2.24, 2.45) is 11.8 Å². The summed E-state index contributed by atoms with van der Waals surface area (Å²) in [6, 6.07) is 8.50.